The van der Waals surface area contributed by atoms with Gasteiger partial charge in [0.2, 0.25) is 10.0 Å². The van der Waals surface area contributed by atoms with E-state index < -0.39 is 10.0 Å². The molecule has 0 saturated carbocycles. The molecular formula is C6H9NO2S2. The Bertz CT molecular complexity index is 339. The summed E-state index contributed by atoms with van der Waals surface area (Å²) in [6.45, 7) is 1.90. The summed E-state index contributed by atoms with van der Waals surface area (Å²) in [4.78, 5) is 0. The fraction of sp³-hybridized carbons (Fsp3) is 0.333. The Morgan fingerprint density at radius 3 is 2.64 bits per heavy atom. The van der Waals surface area contributed by atoms with Gasteiger partial charge in [0.25, 0.3) is 0 Å². The van der Waals surface area contributed by atoms with Gasteiger partial charge in [-0.2, -0.15) is 0 Å². The molecule has 1 heterocycles. The Balaban J connectivity index is 3.24. The lowest BCUT2D eigenvalue weighted by Gasteiger charge is -1.95. The van der Waals surface area contributed by atoms with Crippen molar-refractivity contribution >= 4 is 21.4 Å². The van der Waals surface area contributed by atoms with Gasteiger partial charge in [0.05, 0.1) is 0 Å². The van der Waals surface area contributed by atoms with Crippen molar-refractivity contribution in [2.75, 3.05) is 0 Å². The van der Waals surface area contributed by atoms with Crippen molar-refractivity contribution in [1.29, 1.82) is 0 Å². The minimum absolute atomic E-state index is 0.292. The van der Waals surface area contributed by atoms with Crippen LogP contribution >= 0.6 is 11.3 Å². The maximum absolute atomic E-state index is 10.9. The molecule has 5 heteroatoms. The number of sulfonamides is 1. The maximum atomic E-state index is 10.9. The van der Waals surface area contributed by atoms with Crippen LogP contribution in [0.3, 0.4) is 0 Å². The van der Waals surface area contributed by atoms with Crippen LogP contribution in [0.4, 0.5) is 0 Å². The third-order valence-corrected chi connectivity index (χ3v) is 3.86. The van der Waals surface area contributed by atoms with E-state index in [0.29, 0.717) is 10.6 Å². The molecule has 0 aliphatic carbocycles. The Kier molecular flexibility index (Phi) is 2.31. The molecule has 0 aliphatic rings. The van der Waals surface area contributed by atoms with Crippen LogP contribution in [0.1, 0.15) is 12.5 Å². The zero-order chi connectivity index (χ0) is 8.48. The van der Waals surface area contributed by atoms with Gasteiger partial charge in [-0.15, -0.1) is 11.3 Å². The van der Waals surface area contributed by atoms with Crippen molar-refractivity contribution < 1.29 is 8.42 Å². The van der Waals surface area contributed by atoms with Gasteiger partial charge in [0.15, 0.2) is 0 Å². The summed E-state index contributed by atoms with van der Waals surface area (Å²) in [6.07, 6.45) is 0.704. The summed E-state index contributed by atoms with van der Waals surface area (Å²) < 4.78 is 22.0. The molecule has 0 fully saturated rings. The Labute approximate surface area is 69.9 Å². The van der Waals surface area contributed by atoms with Crippen LogP contribution in [0.5, 0.6) is 0 Å². The largest absolute Gasteiger partial charge is 0.247 e. The van der Waals surface area contributed by atoms with Gasteiger partial charge >= 0.3 is 0 Å². The number of aryl methyl sites for hydroxylation is 1. The average molecular weight is 191 g/mol. The Morgan fingerprint density at radius 1 is 1.64 bits per heavy atom. The molecule has 62 valence electrons. The van der Waals surface area contributed by atoms with Gasteiger partial charge < -0.3 is 0 Å². The van der Waals surface area contributed by atoms with Crippen molar-refractivity contribution in [3.63, 3.8) is 0 Å². The highest BCUT2D eigenvalue weighted by Gasteiger charge is 2.13. The molecule has 0 saturated heterocycles. The predicted molar refractivity (Wildman–Crippen MR) is 45.1 cm³/mol. The Morgan fingerprint density at radius 2 is 2.27 bits per heavy atom. The first-order chi connectivity index (χ1) is 5.05. The van der Waals surface area contributed by atoms with E-state index in [-0.39, 0.29) is 0 Å². The van der Waals surface area contributed by atoms with Crippen LogP contribution in [-0.2, 0) is 16.4 Å². The van der Waals surface area contributed by atoms with Gasteiger partial charge in [0.1, 0.15) is 4.21 Å². The quantitative estimate of drug-likeness (QED) is 0.756. The second-order valence-electron chi connectivity index (χ2n) is 2.13. The smallest absolute Gasteiger partial charge is 0.224 e. The number of thiophene rings is 1. The lowest BCUT2D eigenvalue weighted by Crippen LogP contribution is -2.11. The number of primary sulfonamides is 1. The van der Waals surface area contributed by atoms with Gasteiger partial charge in [-0.05, 0) is 23.4 Å². The first kappa shape index (κ1) is 8.70. The molecule has 0 aromatic carbocycles. The summed E-state index contributed by atoms with van der Waals surface area (Å²) in [7, 11) is -3.48. The standard InChI is InChI=1S/C6H9NO2S2/c1-2-5-3-4-10-6(5)11(7,8)9/h3-4H,2H2,1H3,(H2,7,8,9). The number of nitrogens with two attached hydrogens (primary N) is 1. The van der Waals surface area contributed by atoms with E-state index in [9.17, 15) is 8.42 Å². The van der Waals surface area contributed by atoms with E-state index in [1.54, 1.807) is 11.4 Å². The van der Waals surface area contributed by atoms with Crippen LogP contribution in [-0.4, -0.2) is 8.42 Å². The third-order valence-electron chi connectivity index (χ3n) is 1.35. The highest BCUT2D eigenvalue weighted by atomic mass is 32.2. The minimum atomic E-state index is -3.48. The number of hydrogen-bond donors (Lipinski definition) is 1. The van der Waals surface area contributed by atoms with Crippen molar-refractivity contribution in [3.05, 3.63) is 17.0 Å². The van der Waals surface area contributed by atoms with E-state index in [4.69, 9.17) is 5.14 Å². The van der Waals surface area contributed by atoms with E-state index >= 15 is 0 Å². The summed E-state index contributed by atoms with van der Waals surface area (Å²) in [6, 6.07) is 1.78. The van der Waals surface area contributed by atoms with E-state index in [1.165, 1.54) is 11.3 Å². The van der Waals surface area contributed by atoms with Gasteiger partial charge in [0, 0.05) is 0 Å². The van der Waals surface area contributed by atoms with Crippen molar-refractivity contribution in [3.8, 4) is 0 Å². The molecule has 1 aromatic heterocycles. The van der Waals surface area contributed by atoms with Gasteiger partial charge in [-0.3, -0.25) is 0 Å². The highest BCUT2D eigenvalue weighted by molar-refractivity contribution is 7.91. The summed E-state index contributed by atoms with van der Waals surface area (Å²) in [5.41, 5.74) is 0.803. The molecule has 0 amide bonds. The third kappa shape index (κ3) is 1.79. The average Bonchev–Trinajstić information content (AvgIpc) is 2.31. The molecule has 0 bridgehead atoms. The topological polar surface area (TPSA) is 60.2 Å². The summed E-state index contributed by atoms with van der Waals surface area (Å²) in [5, 5.41) is 6.69. The van der Waals surface area contributed by atoms with Crippen molar-refractivity contribution in [1.82, 2.24) is 0 Å². The molecule has 2 N–H and O–H groups in total. The first-order valence-corrected chi connectivity index (χ1v) is 5.57. The minimum Gasteiger partial charge on any atom is -0.224 e. The van der Waals surface area contributed by atoms with Crippen LogP contribution in [0.15, 0.2) is 15.7 Å². The summed E-state index contributed by atoms with van der Waals surface area (Å²) >= 11 is 1.17. The van der Waals surface area contributed by atoms with Crippen LogP contribution in [0, 0.1) is 0 Å². The van der Waals surface area contributed by atoms with Crippen molar-refractivity contribution in [2.24, 2.45) is 5.14 Å². The molecule has 0 radical (unpaired) electrons. The zero-order valence-electron chi connectivity index (χ0n) is 6.07. The lowest BCUT2D eigenvalue weighted by molar-refractivity contribution is 0.599. The number of hydrogen-bond acceptors (Lipinski definition) is 3. The van der Waals surface area contributed by atoms with Crippen LogP contribution in [0.25, 0.3) is 0 Å². The molecule has 3 nitrogen and oxygen atoms in total. The molecule has 1 rings (SSSR count). The molecular weight excluding hydrogens is 182 g/mol. The summed E-state index contributed by atoms with van der Waals surface area (Å²) in [5.74, 6) is 0. The van der Waals surface area contributed by atoms with Crippen molar-refractivity contribution in [2.45, 2.75) is 17.6 Å². The van der Waals surface area contributed by atoms with E-state index in [0.717, 1.165) is 5.56 Å². The second kappa shape index (κ2) is 2.92. The molecule has 11 heavy (non-hydrogen) atoms. The van der Waals surface area contributed by atoms with Crippen LogP contribution in [0.2, 0.25) is 0 Å². The fourth-order valence-electron chi connectivity index (χ4n) is 0.834. The first-order valence-electron chi connectivity index (χ1n) is 3.15. The molecule has 0 aliphatic heterocycles. The maximum Gasteiger partial charge on any atom is 0.247 e. The monoisotopic (exact) mass is 191 g/mol. The van der Waals surface area contributed by atoms with E-state index in [1.807, 2.05) is 6.92 Å². The normalized spacial score (nSPS) is 11.8. The second-order valence-corrected chi connectivity index (χ2v) is 4.80. The van der Waals surface area contributed by atoms with Gasteiger partial charge in [-0.1, -0.05) is 6.92 Å². The highest BCUT2D eigenvalue weighted by Crippen LogP contribution is 2.21. The molecule has 0 spiro atoms. The fourth-order valence-corrected chi connectivity index (χ4v) is 2.83. The Hall–Kier alpha value is -0.390. The predicted octanol–water partition coefficient (Wildman–Crippen LogP) is 0.958. The zero-order valence-corrected chi connectivity index (χ0v) is 7.71. The SMILES string of the molecule is CCc1ccsc1S(N)(=O)=O. The van der Waals surface area contributed by atoms with E-state index in [2.05, 4.69) is 0 Å². The number of rotatable bonds is 2. The van der Waals surface area contributed by atoms with Crippen LogP contribution < -0.4 is 5.14 Å². The van der Waals surface area contributed by atoms with Gasteiger partial charge in [-0.25, -0.2) is 13.6 Å². The molecule has 0 atom stereocenters. The molecule has 1 aromatic rings. The molecule has 0 unspecified atom stereocenters. The lowest BCUT2D eigenvalue weighted by atomic mass is 10.3.